The van der Waals surface area contributed by atoms with Gasteiger partial charge in [-0.25, -0.2) is 9.18 Å². The molecule has 0 amide bonds. The van der Waals surface area contributed by atoms with Crippen molar-refractivity contribution in [3.05, 3.63) is 32.6 Å². The quantitative estimate of drug-likeness (QED) is 0.696. The summed E-state index contributed by atoms with van der Waals surface area (Å²) in [4.78, 5) is 37.1. The molecule has 2 heterocycles. The van der Waals surface area contributed by atoms with E-state index in [1.54, 1.807) is 0 Å². The van der Waals surface area contributed by atoms with Gasteiger partial charge in [-0.3, -0.25) is 19.1 Å². The highest BCUT2D eigenvalue weighted by molar-refractivity contribution is 5.91. The molecule has 1 aliphatic rings. The molecule has 3 N–H and O–H groups in total. The molecular formula is C15H19F3N2O6. The van der Waals surface area contributed by atoms with E-state index in [1.807, 2.05) is 4.98 Å². The van der Waals surface area contributed by atoms with Crippen molar-refractivity contribution in [2.75, 3.05) is 0 Å². The Bertz CT molecular complexity index is 854. The zero-order chi connectivity index (χ0) is 20.3. The van der Waals surface area contributed by atoms with Crippen LogP contribution in [0.4, 0.5) is 13.2 Å². The average molecular weight is 380 g/mol. The Hall–Kier alpha value is -1.98. The Labute approximate surface area is 145 Å². The van der Waals surface area contributed by atoms with Gasteiger partial charge in [0.25, 0.3) is 11.4 Å². The van der Waals surface area contributed by atoms with Crippen molar-refractivity contribution in [3.8, 4) is 0 Å². The van der Waals surface area contributed by atoms with Gasteiger partial charge in [-0.1, -0.05) is 20.8 Å². The second-order valence-corrected chi connectivity index (χ2v) is 7.31. The molecule has 1 aromatic rings. The smallest absolute Gasteiger partial charge is 0.336 e. The number of hydrogen-bond donors (Lipinski definition) is 3. The van der Waals surface area contributed by atoms with Gasteiger partial charge < -0.3 is 14.9 Å². The van der Waals surface area contributed by atoms with Crippen molar-refractivity contribution in [2.45, 2.75) is 57.9 Å². The first-order chi connectivity index (χ1) is 11.5. The van der Waals surface area contributed by atoms with Crippen LogP contribution in [0.25, 0.3) is 0 Å². The lowest BCUT2D eigenvalue weighted by atomic mass is 9.82. The summed E-state index contributed by atoms with van der Waals surface area (Å²) in [5.74, 6) is -15.0. The third-order valence-electron chi connectivity index (χ3n) is 4.10. The Morgan fingerprint density at radius 3 is 2.42 bits per heavy atom. The fraction of sp³-hybridized carbons (Fsp3) is 0.667. The lowest BCUT2D eigenvalue weighted by Gasteiger charge is -2.37. The zero-order valence-corrected chi connectivity index (χ0v) is 14.5. The topological polar surface area (TPSA) is 122 Å². The summed E-state index contributed by atoms with van der Waals surface area (Å²) in [6, 6.07) is 0. The number of aliphatic hydroxyl groups is 2. The van der Waals surface area contributed by atoms with Crippen molar-refractivity contribution in [3.63, 3.8) is 0 Å². The number of nitrogens with one attached hydrogen (secondary N) is 1. The molecule has 0 saturated carbocycles. The first-order valence-electron chi connectivity index (χ1n) is 7.61. The number of Topliss-reactive ketones (excluding diaryl/α,β-unsaturated/α-hetero) is 1. The first-order valence-corrected chi connectivity index (χ1v) is 7.61. The number of rotatable bonds is 3. The second kappa shape index (κ2) is 5.76. The van der Waals surface area contributed by atoms with E-state index in [0.717, 1.165) is 27.0 Å². The number of carbonyl (C=O) groups is 1. The summed E-state index contributed by atoms with van der Waals surface area (Å²) in [6.07, 6.45) is -2.37. The van der Waals surface area contributed by atoms with Crippen LogP contribution in [0.1, 0.15) is 39.0 Å². The number of halogens is 3. The van der Waals surface area contributed by atoms with Crippen molar-refractivity contribution in [1.82, 2.24) is 9.55 Å². The molecule has 1 aliphatic heterocycles. The van der Waals surface area contributed by atoms with Crippen molar-refractivity contribution in [2.24, 2.45) is 5.41 Å². The minimum Gasteiger partial charge on any atom is -0.357 e. The van der Waals surface area contributed by atoms with Crippen molar-refractivity contribution < 1.29 is 32.9 Å². The number of aryl methyl sites for hydroxylation is 1. The molecule has 0 radical (unpaired) electrons. The summed E-state index contributed by atoms with van der Waals surface area (Å²) in [5, 5.41) is 19.5. The molecule has 8 nitrogen and oxygen atoms in total. The van der Waals surface area contributed by atoms with Crippen LogP contribution >= 0.6 is 0 Å². The molecule has 4 atom stereocenters. The van der Waals surface area contributed by atoms with Gasteiger partial charge >= 0.3 is 17.4 Å². The standard InChI is InChI=1S/C15H19F3N2O6/c1-7-6-20(11(23)19-9(7)21)8-5-13(16,24)15(18,26-8)14(17,25)10(22)12(2,3)4/h6,8,24-25H,5H2,1-4H3,(H,19,21,23)/t8-,13+,14?,15+/m1/s1. The fourth-order valence-electron chi connectivity index (χ4n) is 2.61. The fourth-order valence-corrected chi connectivity index (χ4v) is 2.61. The number of H-pyrrole nitrogens is 1. The maximum absolute atomic E-state index is 15.0. The van der Waals surface area contributed by atoms with Crippen molar-refractivity contribution in [1.29, 1.82) is 0 Å². The summed E-state index contributed by atoms with van der Waals surface area (Å²) in [5.41, 5.74) is -3.59. The van der Waals surface area contributed by atoms with Crippen LogP contribution in [0.15, 0.2) is 15.8 Å². The number of aromatic nitrogens is 2. The van der Waals surface area contributed by atoms with Gasteiger partial charge in [-0.15, -0.1) is 0 Å². The Kier molecular flexibility index (Phi) is 4.50. The minimum atomic E-state index is -4.55. The van der Waals surface area contributed by atoms with E-state index in [1.165, 1.54) is 6.92 Å². The van der Waals surface area contributed by atoms with Crippen LogP contribution in [0, 0.1) is 12.3 Å². The molecule has 1 unspecified atom stereocenters. The second-order valence-electron chi connectivity index (χ2n) is 7.31. The van der Waals surface area contributed by atoms with E-state index in [4.69, 9.17) is 0 Å². The summed E-state index contributed by atoms with van der Waals surface area (Å²) in [6.45, 7) is 4.71. The van der Waals surface area contributed by atoms with Crippen LogP contribution < -0.4 is 11.2 Å². The third kappa shape index (κ3) is 2.89. The number of ketones is 1. The van der Waals surface area contributed by atoms with Gasteiger partial charge in [0, 0.05) is 17.2 Å². The monoisotopic (exact) mass is 380 g/mol. The van der Waals surface area contributed by atoms with Crippen LogP contribution in [0.5, 0.6) is 0 Å². The maximum atomic E-state index is 15.0. The normalized spacial score (nSPS) is 31.7. The summed E-state index contributed by atoms with van der Waals surface area (Å²) in [7, 11) is 0. The van der Waals surface area contributed by atoms with Gasteiger partial charge in [0.1, 0.15) is 6.23 Å². The molecule has 146 valence electrons. The number of aromatic amines is 1. The van der Waals surface area contributed by atoms with Crippen LogP contribution in [-0.2, 0) is 9.53 Å². The third-order valence-corrected chi connectivity index (χ3v) is 4.10. The number of ether oxygens (including phenoxy) is 1. The molecule has 0 aromatic carbocycles. The Balaban J connectivity index is 2.53. The average Bonchev–Trinajstić information content (AvgIpc) is 2.72. The lowest BCUT2D eigenvalue weighted by Crippen LogP contribution is -2.64. The van der Waals surface area contributed by atoms with Gasteiger partial charge in [-0.05, 0) is 6.92 Å². The van der Waals surface area contributed by atoms with Gasteiger partial charge in [0.15, 0.2) is 0 Å². The molecule has 1 fully saturated rings. The molecule has 0 aliphatic carbocycles. The van der Waals surface area contributed by atoms with E-state index in [9.17, 15) is 33.4 Å². The highest BCUT2D eigenvalue weighted by Gasteiger charge is 2.77. The predicted molar refractivity (Wildman–Crippen MR) is 81.2 cm³/mol. The van der Waals surface area contributed by atoms with Crippen molar-refractivity contribution >= 4 is 5.78 Å². The molecule has 11 heteroatoms. The predicted octanol–water partition coefficient (Wildman–Crippen LogP) is 0.361. The maximum Gasteiger partial charge on any atom is 0.336 e. The summed E-state index contributed by atoms with van der Waals surface area (Å²) < 4.78 is 49.2. The Morgan fingerprint density at radius 1 is 1.38 bits per heavy atom. The molecule has 1 saturated heterocycles. The molecule has 1 aromatic heterocycles. The molecule has 2 rings (SSSR count). The van der Waals surface area contributed by atoms with Crippen LogP contribution in [0.3, 0.4) is 0 Å². The number of nitrogens with zero attached hydrogens (tertiary/aromatic N) is 1. The number of alkyl halides is 3. The molecule has 0 bridgehead atoms. The lowest BCUT2D eigenvalue weighted by molar-refractivity contribution is -0.362. The molecule has 26 heavy (non-hydrogen) atoms. The van der Waals surface area contributed by atoms with E-state index >= 15 is 4.39 Å². The van der Waals surface area contributed by atoms with E-state index < -0.39 is 52.7 Å². The number of hydrogen-bond acceptors (Lipinski definition) is 6. The first kappa shape index (κ1) is 20.3. The number of carbonyl (C=O) groups excluding carboxylic acids is 1. The summed E-state index contributed by atoms with van der Waals surface area (Å²) >= 11 is 0. The molecular weight excluding hydrogens is 361 g/mol. The highest BCUT2D eigenvalue weighted by atomic mass is 19.2. The van der Waals surface area contributed by atoms with E-state index in [2.05, 4.69) is 4.74 Å². The van der Waals surface area contributed by atoms with Gasteiger partial charge in [0.05, 0.1) is 6.42 Å². The zero-order valence-electron chi connectivity index (χ0n) is 14.5. The SMILES string of the molecule is Cc1cn([C@H]2C[C@@](O)(F)[C@@](F)(C(O)(F)C(=O)C(C)(C)C)O2)c(=O)[nH]c1=O. The van der Waals surface area contributed by atoms with E-state index in [0.29, 0.717) is 4.57 Å². The molecule has 0 spiro atoms. The minimum absolute atomic E-state index is 0.0340. The van der Waals surface area contributed by atoms with Crippen LogP contribution in [-0.4, -0.2) is 43.1 Å². The highest BCUT2D eigenvalue weighted by Crippen LogP contribution is 2.53. The largest absolute Gasteiger partial charge is 0.357 e. The van der Waals surface area contributed by atoms with Crippen LogP contribution in [0.2, 0.25) is 0 Å². The van der Waals surface area contributed by atoms with Gasteiger partial charge in [-0.2, -0.15) is 8.78 Å². The van der Waals surface area contributed by atoms with Gasteiger partial charge in [0.2, 0.25) is 5.78 Å². The Morgan fingerprint density at radius 2 is 1.92 bits per heavy atom. The van der Waals surface area contributed by atoms with E-state index in [-0.39, 0.29) is 5.56 Å².